The van der Waals surface area contributed by atoms with Gasteiger partial charge in [0.1, 0.15) is 11.3 Å². The molecule has 8 nitrogen and oxygen atoms in total. The Balaban J connectivity index is 1.43. The van der Waals surface area contributed by atoms with Crippen LogP contribution in [0.3, 0.4) is 0 Å². The number of ether oxygens (including phenoxy) is 1. The lowest BCUT2D eigenvalue weighted by molar-refractivity contribution is -0.137. The summed E-state index contributed by atoms with van der Waals surface area (Å²) in [6, 6.07) is 16.0. The molecule has 3 aliphatic heterocycles. The molecular formula is C32H34N4O4. The van der Waals surface area contributed by atoms with Crippen molar-refractivity contribution >= 4 is 22.9 Å². The summed E-state index contributed by atoms with van der Waals surface area (Å²) in [5.41, 5.74) is 8.46. The van der Waals surface area contributed by atoms with Crippen LogP contribution < -0.4 is 4.74 Å². The second-order valence-corrected chi connectivity index (χ2v) is 11.0. The molecular weight excluding hydrogens is 504 g/mol. The first-order valence-electron chi connectivity index (χ1n) is 14.1. The van der Waals surface area contributed by atoms with Crippen LogP contribution in [-0.2, 0) is 24.3 Å². The molecule has 7 rings (SSSR count). The largest absolute Gasteiger partial charge is 0.494 e. The molecule has 0 saturated carbocycles. The van der Waals surface area contributed by atoms with Gasteiger partial charge in [-0.1, -0.05) is 35.5 Å². The second kappa shape index (κ2) is 10.8. The number of benzene rings is 3. The van der Waals surface area contributed by atoms with Gasteiger partial charge < -0.3 is 14.7 Å². The third-order valence-electron chi connectivity index (χ3n) is 8.39. The number of hydrogen-bond acceptors (Lipinski definition) is 5. The number of amides is 1. The number of fused-ring (bicyclic) bond motifs is 6. The second-order valence-electron chi connectivity index (χ2n) is 11.0. The van der Waals surface area contributed by atoms with E-state index in [1.165, 1.54) is 5.56 Å². The molecule has 0 fully saturated rings. The molecule has 3 aromatic carbocycles. The van der Waals surface area contributed by atoms with Crippen LogP contribution in [0.5, 0.6) is 5.75 Å². The van der Waals surface area contributed by atoms with Gasteiger partial charge in [-0.3, -0.25) is 9.59 Å². The minimum Gasteiger partial charge on any atom is -0.494 e. The number of carbonyl (C=O) groups excluding carboxylic acids is 1. The zero-order chi connectivity index (χ0) is 27.8. The molecule has 3 aliphatic rings. The normalized spacial score (nSPS) is 17.7. The Hall–Kier alpha value is -4.20. The van der Waals surface area contributed by atoms with Gasteiger partial charge in [-0.2, -0.15) is 0 Å². The first kappa shape index (κ1) is 26.0. The average molecular weight is 539 g/mol. The van der Waals surface area contributed by atoms with Gasteiger partial charge in [0.25, 0.3) is 5.91 Å². The number of aromatic nitrogens is 3. The third kappa shape index (κ3) is 4.94. The van der Waals surface area contributed by atoms with E-state index in [0.29, 0.717) is 31.0 Å². The summed E-state index contributed by atoms with van der Waals surface area (Å²) in [5.74, 6) is -0.487. The summed E-state index contributed by atoms with van der Waals surface area (Å²) >= 11 is 0. The van der Waals surface area contributed by atoms with Crippen molar-refractivity contribution in [1.29, 1.82) is 0 Å². The van der Waals surface area contributed by atoms with Crippen molar-refractivity contribution in [2.75, 3.05) is 13.2 Å². The molecule has 1 unspecified atom stereocenters. The molecule has 0 aliphatic carbocycles. The average Bonchev–Trinajstić information content (AvgIpc) is 3.37. The maximum Gasteiger partial charge on any atom is 0.304 e. The van der Waals surface area contributed by atoms with Gasteiger partial charge in [-0.05, 0) is 91.1 Å². The molecule has 1 N–H and O–H groups in total. The third-order valence-corrected chi connectivity index (χ3v) is 8.39. The van der Waals surface area contributed by atoms with Crippen molar-refractivity contribution < 1.29 is 19.4 Å². The van der Waals surface area contributed by atoms with Gasteiger partial charge in [-0.25, -0.2) is 4.68 Å². The van der Waals surface area contributed by atoms with E-state index in [1.54, 1.807) is 0 Å². The molecule has 0 spiro atoms. The summed E-state index contributed by atoms with van der Waals surface area (Å²) in [6.45, 7) is 6.42. The molecule has 1 amide bonds. The predicted molar refractivity (Wildman–Crippen MR) is 152 cm³/mol. The first-order chi connectivity index (χ1) is 19.4. The van der Waals surface area contributed by atoms with Gasteiger partial charge >= 0.3 is 5.97 Å². The molecule has 1 atom stereocenters. The molecule has 9 bridgehead atoms. The van der Waals surface area contributed by atoms with E-state index in [-0.39, 0.29) is 18.2 Å². The first-order valence-corrected chi connectivity index (χ1v) is 14.1. The van der Waals surface area contributed by atoms with Crippen LogP contribution in [0.15, 0.2) is 48.5 Å². The van der Waals surface area contributed by atoms with E-state index in [1.807, 2.05) is 59.8 Å². The zero-order valence-electron chi connectivity index (χ0n) is 23.0. The molecule has 1 aromatic heterocycles. The Bertz CT molecular complexity index is 1610. The van der Waals surface area contributed by atoms with E-state index in [4.69, 9.17) is 4.74 Å². The highest BCUT2D eigenvalue weighted by Crippen LogP contribution is 2.35. The minimum absolute atomic E-state index is 0.00403. The topological polar surface area (TPSA) is 97.5 Å². The van der Waals surface area contributed by atoms with Gasteiger partial charge in [0, 0.05) is 31.1 Å². The Morgan fingerprint density at radius 3 is 2.75 bits per heavy atom. The molecule has 0 radical (unpaired) electrons. The maximum absolute atomic E-state index is 13.7. The fraction of sp³-hybridized carbons (Fsp3) is 0.375. The zero-order valence-corrected chi connectivity index (χ0v) is 23.0. The number of hydrogen-bond donors (Lipinski definition) is 1. The highest BCUT2D eigenvalue weighted by molar-refractivity contribution is 5.96. The summed E-state index contributed by atoms with van der Waals surface area (Å²) in [6.07, 6.45) is 3.53. The fourth-order valence-corrected chi connectivity index (χ4v) is 6.10. The predicted octanol–water partition coefficient (Wildman–Crippen LogP) is 5.42. The van der Waals surface area contributed by atoms with Gasteiger partial charge in [0.15, 0.2) is 0 Å². The van der Waals surface area contributed by atoms with E-state index in [9.17, 15) is 14.7 Å². The van der Waals surface area contributed by atoms with Crippen LogP contribution in [0.2, 0.25) is 0 Å². The number of aryl methyl sites for hydroxylation is 3. The van der Waals surface area contributed by atoms with Crippen molar-refractivity contribution in [1.82, 2.24) is 19.9 Å². The summed E-state index contributed by atoms with van der Waals surface area (Å²) in [5, 5.41) is 18.8. The van der Waals surface area contributed by atoms with E-state index in [0.717, 1.165) is 71.1 Å². The number of rotatable bonds is 2. The lowest BCUT2D eigenvalue weighted by Crippen LogP contribution is -2.36. The van der Waals surface area contributed by atoms with Gasteiger partial charge in [0.05, 0.1) is 18.5 Å². The van der Waals surface area contributed by atoms with Crippen molar-refractivity contribution in [2.45, 2.75) is 65.0 Å². The smallest absolute Gasteiger partial charge is 0.304 e. The molecule has 4 aromatic rings. The summed E-state index contributed by atoms with van der Waals surface area (Å²) < 4.78 is 7.97. The van der Waals surface area contributed by atoms with Crippen LogP contribution in [-0.4, -0.2) is 50.0 Å². The highest BCUT2D eigenvalue weighted by Gasteiger charge is 2.27. The monoisotopic (exact) mass is 538 g/mol. The van der Waals surface area contributed by atoms with E-state index >= 15 is 0 Å². The SMILES string of the molecule is Cc1ccc2cc1C(=O)N1CCc3ccc(cc3C1)C(CC(=O)O)c1ccc3c(nnn3CCCCCO2)c1C. The fourth-order valence-electron chi connectivity index (χ4n) is 6.10. The molecule has 40 heavy (non-hydrogen) atoms. The summed E-state index contributed by atoms with van der Waals surface area (Å²) in [4.78, 5) is 27.6. The Kier molecular flexibility index (Phi) is 7.00. The van der Waals surface area contributed by atoms with Crippen molar-refractivity contribution in [2.24, 2.45) is 0 Å². The maximum atomic E-state index is 13.7. The number of carbonyl (C=O) groups is 2. The lowest BCUT2D eigenvalue weighted by Gasteiger charge is -2.30. The number of carboxylic acids is 1. The van der Waals surface area contributed by atoms with Crippen LogP contribution in [0.4, 0.5) is 0 Å². The van der Waals surface area contributed by atoms with Crippen molar-refractivity contribution in [3.63, 3.8) is 0 Å². The van der Waals surface area contributed by atoms with Crippen LogP contribution >= 0.6 is 0 Å². The Morgan fingerprint density at radius 2 is 1.90 bits per heavy atom. The van der Waals surface area contributed by atoms with Gasteiger partial charge in [0.2, 0.25) is 0 Å². The minimum atomic E-state index is -0.856. The number of aliphatic carboxylic acids is 1. The summed E-state index contributed by atoms with van der Waals surface area (Å²) in [7, 11) is 0. The van der Waals surface area contributed by atoms with Crippen LogP contribution in [0.25, 0.3) is 11.0 Å². The highest BCUT2D eigenvalue weighted by atomic mass is 16.5. The quantitative estimate of drug-likeness (QED) is 0.366. The Morgan fingerprint density at radius 1 is 1.02 bits per heavy atom. The van der Waals surface area contributed by atoms with Crippen molar-refractivity contribution in [3.8, 4) is 5.75 Å². The Labute approximate surface area is 233 Å². The van der Waals surface area contributed by atoms with Crippen LogP contribution in [0.1, 0.15) is 75.3 Å². The molecule has 4 heterocycles. The molecule has 8 heteroatoms. The lowest BCUT2D eigenvalue weighted by atomic mass is 9.83. The van der Waals surface area contributed by atoms with Crippen LogP contribution in [0, 0.1) is 13.8 Å². The molecule has 206 valence electrons. The standard InChI is InChI=1S/C32H34N4O4/c1-20-6-9-25-17-27(20)32(39)35-14-12-22-7-8-23(16-24(22)19-35)28(18-30(37)38)26-10-11-29-31(21(26)2)33-34-36(29)13-4-3-5-15-40-25/h6-11,16-17,28H,3-5,12-15,18-19H2,1-2H3,(H,37,38). The van der Waals surface area contributed by atoms with Crippen molar-refractivity contribution in [3.05, 3.63) is 87.5 Å². The number of nitrogens with zero attached hydrogens (tertiary/aromatic N) is 4. The van der Waals surface area contributed by atoms with E-state index < -0.39 is 5.97 Å². The molecule has 0 saturated heterocycles. The number of carboxylic acid groups (broad SMARTS) is 1. The van der Waals surface area contributed by atoms with Gasteiger partial charge in [-0.15, -0.1) is 5.10 Å². The van der Waals surface area contributed by atoms with E-state index in [2.05, 4.69) is 22.4 Å².